The van der Waals surface area contributed by atoms with Gasteiger partial charge in [-0.15, -0.1) is 0 Å². The highest BCUT2D eigenvalue weighted by Gasteiger charge is 2.19. The van der Waals surface area contributed by atoms with E-state index in [4.69, 9.17) is 23.2 Å². The van der Waals surface area contributed by atoms with Crippen LogP contribution in [0.1, 0.15) is 22.5 Å². The average Bonchev–Trinajstić information content (AvgIpc) is 2.86. The summed E-state index contributed by atoms with van der Waals surface area (Å²) in [6, 6.07) is 14.3. The Balaban J connectivity index is 1.86. The van der Waals surface area contributed by atoms with Crippen LogP contribution in [0.15, 0.2) is 48.5 Å². The second-order valence-electron chi connectivity index (χ2n) is 6.25. The third-order valence-corrected chi connectivity index (χ3v) is 6.14. The highest BCUT2D eigenvalue weighted by atomic mass is 35.5. The SMILES string of the molecule is Cc1nn(Cc2c(Cl)cccc2Cl)c(C)c1NS(=O)(=O)Cc1ccccc1. The summed E-state index contributed by atoms with van der Waals surface area (Å²) in [6.45, 7) is 3.93. The van der Waals surface area contributed by atoms with Gasteiger partial charge in [0.1, 0.15) is 0 Å². The molecule has 3 aromatic rings. The maximum Gasteiger partial charge on any atom is 0.237 e. The number of hydrogen-bond donors (Lipinski definition) is 1. The predicted molar refractivity (Wildman–Crippen MR) is 110 cm³/mol. The van der Waals surface area contributed by atoms with Gasteiger partial charge < -0.3 is 0 Å². The van der Waals surface area contributed by atoms with Crippen LogP contribution in [0.25, 0.3) is 0 Å². The normalized spacial score (nSPS) is 11.6. The molecule has 0 saturated carbocycles. The lowest BCUT2D eigenvalue weighted by Crippen LogP contribution is -2.16. The zero-order valence-electron chi connectivity index (χ0n) is 14.9. The summed E-state index contributed by atoms with van der Waals surface area (Å²) in [4.78, 5) is 0. The third kappa shape index (κ3) is 4.64. The molecule has 3 rings (SSSR count). The number of rotatable bonds is 6. The van der Waals surface area contributed by atoms with Crippen molar-refractivity contribution in [1.82, 2.24) is 9.78 Å². The maximum absolute atomic E-state index is 12.6. The molecule has 0 unspecified atom stereocenters. The summed E-state index contributed by atoms with van der Waals surface area (Å²) >= 11 is 12.5. The predicted octanol–water partition coefficient (Wildman–Crippen LogP) is 4.80. The van der Waals surface area contributed by atoms with E-state index in [1.807, 2.05) is 25.1 Å². The molecule has 0 aliphatic rings. The van der Waals surface area contributed by atoms with E-state index in [1.165, 1.54) is 0 Å². The van der Waals surface area contributed by atoms with Crippen molar-refractivity contribution in [1.29, 1.82) is 0 Å². The minimum Gasteiger partial charge on any atom is -0.280 e. The van der Waals surface area contributed by atoms with Gasteiger partial charge in [-0.3, -0.25) is 9.40 Å². The minimum absolute atomic E-state index is 0.103. The number of aryl methyl sites for hydroxylation is 1. The van der Waals surface area contributed by atoms with E-state index < -0.39 is 10.0 Å². The van der Waals surface area contributed by atoms with Crippen LogP contribution < -0.4 is 4.72 Å². The van der Waals surface area contributed by atoms with Crippen LogP contribution in [-0.4, -0.2) is 18.2 Å². The first-order chi connectivity index (χ1) is 12.8. The Morgan fingerprint density at radius 3 is 2.26 bits per heavy atom. The molecular weight excluding hydrogens is 405 g/mol. The quantitative estimate of drug-likeness (QED) is 0.619. The van der Waals surface area contributed by atoms with Gasteiger partial charge in [0.15, 0.2) is 0 Å². The smallest absolute Gasteiger partial charge is 0.237 e. The Kier molecular flexibility index (Phi) is 5.79. The van der Waals surface area contributed by atoms with Crippen LogP contribution in [0.2, 0.25) is 10.0 Å². The molecule has 0 amide bonds. The van der Waals surface area contributed by atoms with Crippen molar-refractivity contribution in [2.75, 3.05) is 4.72 Å². The zero-order valence-corrected chi connectivity index (χ0v) is 17.2. The van der Waals surface area contributed by atoms with Crippen LogP contribution in [-0.2, 0) is 22.3 Å². The molecule has 0 spiro atoms. The Morgan fingerprint density at radius 2 is 1.63 bits per heavy atom. The lowest BCUT2D eigenvalue weighted by Gasteiger charge is -2.11. The number of anilines is 1. The van der Waals surface area contributed by atoms with Gasteiger partial charge in [0.2, 0.25) is 10.0 Å². The molecule has 0 bridgehead atoms. The molecule has 2 aromatic carbocycles. The minimum atomic E-state index is -3.56. The van der Waals surface area contributed by atoms with Crippen molar-refractivity contribution in [3.8, 4) is 0 Å². The number of hydrogen-bond acceptors (Lipinski definition) is 3. The number of nitrogens with zero attached hydrogens (tertiary/aromatic N) is 2. The largest absolute Gasteiger partial charge is 0.280 e. The van der Waals surface area contributed by atoms with Gasteiger partial charge in [0.05, 0.1) is 29.4 Å². The van der Waals surface area contributed by atoms with Crippen molar-refractivity contribution in [2.24, 2.45) is 0 Å². The molecule has 27 heavy (non-hydrogen) atoms. The van der Waals surface area contributed by atoms with Gasteiger partial charge in [-0.2, -0.15) is 5.10 Å². The van der Waals surface area contributed by atoms with Gasteiger partial charge in [-0.25, -0.2) is 8.42 Å². The van der Waals surface area contributed by atoms with Crippen LogP contribution in [0.3, 0.4) is 0 Å². The van der Waals surface area contributed by atoms with Crippen LogP contribution in [0.4, 0.5) is 5.69 Å². The lowest BCUT2D eigenvalue weighted by atomic mass is 10.2. The van der Waals surface area contributed by atoms with Crippen LogP contribution >= 0.6 is 23.2 Å². The van der Waals surface area contributed by atoms with Crippen molar-refractivity contribution in [3.63, 3.8) is 0 Å². The number of aromatic nitrogens is 2. The van der Waals surface area contributed by atoms with Crippen molar-refractivity contribution in [3.05, 3.63) is 81.1 Å². The van der Waals surface area contributed by atoms with E-state index in [0.29, 0.717) is 33.7 Å². The summed E-state index contributed by atoms with van der Waals surface area (Å²) < 4.78 is 29.5. The highest BCUT2D eigenvalue weighted by molar-refractivity contribution is 7.91. The second kappa shape index (κ2) is 7.92. The Hall–Kier alpha value is -2.02. The van der Waals surface area contributed by atoms with Gasteiger partial charge >= 0.3 is 0 Å². The summed E-state index contributed by atoms with van der Waals surface area (Å²) in [5.41, 5.74) is 3.22. The van der Waals surface area contributed by atoms with Crippen molar-refractivity contribution in [2.45, 2.75) is 26.1 Å². The van der Waals surface area contributed by atoms with Gasteiger partial charge in [-0.1, -0.05) is 59.6 Å². The van der Waals surface area contributed by atoms with E-state index in [0.717, 1.165) is 11.1 Å². The van der Waals surface area contributed by atoms with Crippen molar-refractivity contribution < 1.29 is 8.42 Å². The molecule has 0 atom stereocenters. The molecule has 0 aliphatic carbocycles. The summed E-state index contributed by atoms with van der Waals surface area (Å²) in [5, 5.41) is 5.54. The fraction of sp³-hybridized carbons (Fsp3) is 0.211. The Morgan fingerprint density at radius 1 is 1.00 bits per heavy atom. The molecular formula is C19H19Cl2N3O2S. The molecule has 1 heterocycles. The first kappa shape index (κ1) is 19.7. The highest BCUT2D eigenvalue weighted by Crippen LogP contribution is 2.28. The van der Waals surface area contributed by atoms with E-state index in [-0.39, 0.29) is 5.75 Å². The second-order valence-corrected chi connectivity index (χ2v) is 8.79. The molecule has 0 radical (unpaired) electrons. The standard InChI is InChI=1S/C19H19Cl2N3O2S/c1-13-19(23-27(25,26)12-15-7-4-3-5-8-15)14(2)24(22-13)11-16-17(20)9-6-10-18(16)21/h3-10,23H,11-12H2,1-2H3. The fourth-order valence-electron chi connectivity index (χ4n) is 2.82. The molecule has 0 fully saturated rings. The molecule has 0 aliphatic heterocycles. The summed E-state index contributed by atoms with van der Waals surface area (Å²) in [5.74, 6) is -0.103. The van der Waals surface area contributed by atoms with E-state index in [1.54, 1.807) is 41.9 Å². The van der Waals surface area contributed by atoms with E-state index in [9.17, 15) is 8.42 Å². The van der Waals surface area contributed by atoms with Crippen LogP contribution in [0.5, 0.6) is 0 Å². The number of sulfonamides is 1. The number of nitrogens with one attached hydrogen (secondary N) is 1. The van der Waals surface area contributed by atoms with E-state index in [2.05, 4.69) is 9.82 Å². The number of halogens is 2. The molecule has 1 aromatic heterocycles. The van der Waals surface area contributed by atoms with Crippen molar-refractivity contribution >= 4 is 38.9 Å². The average molecular weight is 424 g/mol. The first-order valence-electron chi connectivity index (χ1n) is 8.28. The van der Waals surface area contributed by atoms with Crippen LogP contribution in [0, 0.1) is 13.8 Å². The van der Waals surface area contributed by atoms with E-state index >= 15 is 0 Å². The van der Waals surface area contributed by atoms with Gasteiger partial charge in [-0.05, 0) is 31.5 Å². The fourth-order valence-corrected chi connectivity index (χ4v) is 4.64. The number of benzene rings is 2. The maximum atomic E-state index is 12.6. The molecule has 142 valence electrons. The topological polar surface area (TPSA) is 64.0 Å². The van der Waals surface area contributed by atoms with Gasteiger partial charge in [0.25, 0.3) is 0 Å². The Labute approximate surface area is 169 Å². The molecule has 8 heteroatoms. The first-order valence-corrected chi connectivity index (χ1v) is 10.7. The van der Waals surface area contributed by atoms with Gasteiger partial charge in [0, 0.05) is 15.6 Å². The third-order valence-electron chi connectivity index (χ3n) is 4.21. The molecule has 1 N–H and O–H groups in total. The zero-order chi connectivity index (χ0) is 19.6. The lowest BCUT2D eigenvalue weighted by molar-refractivity contribution is 0.600. The summed E-state index contributed by atoms with van der Waals surface area (Å²) in [7, 11) is -3.56. The Bertz CT molecular complexity index is 1040. The summed E-state index contributed by atoms with van der Waals surface area (Å²) in [6.07, 6.45) is 0. The molecule has 0 saturated heterocycles. The molecule has 5 nitrogen and oxygen atoms in total. The monoisotopic (exact) mass is 423 g/mol.